The van der Waals surface area contributed by atoms with Gasteiger partial charge in [0.2, 0.25) is 0 Å². The Morgan fingerprint density at radius 3 is 1.67 bits per heavy atom. The SMILES string of the molecule is O=P([O-])(C(Cl)P(=O)([O-])n1ccnc1)n1ccnc1. The van der Waals surface area contributed by atoms with Crippen LogP contribution in [0.1, 0.15) is 0 Å². The fourth-order valence-electron chi connectivity index (χ4n) is 1.24. The maximum absolute atomic E-state index is 11.9. The van der Waals surface area contributed by atoms with Gasteiger partial charge in [-0.1, -0.05) is 0 Å². The number of alkyl halides is 1. The van der Waals surface area contributed by atoms with Gasteiger partial charge in [-0.3, -0.25) is 8.68 Å². The minimum absolute atomic E-state index is 0.673. The highest BCUT2D eigenvalue weighted by molar-refractivity contribution is 7.76. The van der Waals surface area contributed by atoms with Gasteiger partial charge in [0, 0.05) is 24.8 Å². The molecule has 98 valence electrons. The molecule has 0 aliphatic rings. The van der Waals surface area contributed by atoms with Crippen molar-refractivity contribution in [3.05, 3.63) is 37.4 Å². The van der Waals surface area contributed by atoms with Crippen LogP contribution in [0.15, 0.2) is 37.4 Å². The number of aromatic nitrogens is 4. The van der Waals surface area contributed by atoms with Crippen LogP contribution in [-0.4, -0.2) is 23.5 Å². The summed E-state index contributed by atoms with van der Waals surface area (Å²) in [5.41, 5.74) is 0. The van der Waals surface area contributed by atoms with E-state index in [9.17, 15) is 18.9 Å². The number of imidazole rings is 2. The van der Waals surface area contributed by atoms with Crippen molar-refractivity contribution in [2.24, 2.45) is 0 Å². The van der Waals surface area contributed by atoms with Gasteiger partial charge in [0.1, 0.15) is 15.0 Å². The predicted octanol–water partition coefficient (Wildman–Crippen LogP) is 0.105. The number of nitrogens with zero attached hydrogens (tertiary/aromatic N) is 4. The lowest BCUT2D eigenvalue weighted by molar-refractivity contribution is -0.187. The largest absolute Gasteiger partial charge is 0.782 e. The second kappa shape index (κ2) is 4.64. The summed E-state index contributed by atoms with van der Waals surface area (Å²) in [6.07, 6.45) is 6.57. The summed E-state index contributed by atoms with van der Waals surface area (Å²) in [5.74, 6) is 0. The molecule has 0 saturated carbocycles. The van der Waals surface area contributed by atoms with Crippen molar-refractivity contribution in [1.29, 1.82) is 0 Å². The van der Waals surface area contributed by atoms with Crippen LogP contribution in [0.2, 0.25) is 0 Å². The summed E-state index contributed by atoms with van der Waals surface area (Å²) in [5, 5.41) is 0. The summed E-state index contributed by atoms with van der Waals surface area (Å²) < 4.78 is 25.2. The molecule has 2 heterocycles. The van der Waals surface area contributed by atoms with Crippen LogP contribution in [0, 0.1) is 0 Å². The Kier molecular flexibility index (Phi) is 3.49. The van der Waals surface area contributed by atoms with Gasteiger partial charge >= 0.3 is 0 Å². The third-order valence-electron chi connectivity index (χ3n) is 2.16. The summed E-state index contributed by atoms with van der Waals surface area (Å²) in [7, 11) is -9.21. The van der Waals surface area contributed by atoms with E-state index in [1.165, 1.54) is 12.4 Å². The zero-order valence-electron chi connectivity index (χ0n) is 8.74. The number of hydrogen-bond acceptors (Lipinski definition) is 6. The molecule has 11 heteroatoms. The van der Waals surface area contributed by atoms with Crippen LogP contribution in [-0.2, 0) is 9.13 Å². The summed E-state index contributed by atoms with van der Waals surface area (Å²) in [6.45, 7) is 0. The molecule has 2 rings (SSSR count). The smallest absolute Gasteiger partial charge is 0.150 e. The quantitative estimate of drug-likeness (QED) is 0.584. The average Bonchev–Trinajstić information content (AvgIpc) is 3.00. The number of halogens is 1. The van der Waals surface area contributed by atoms with Gasteiger partial charge in [0.15, 0.2) is 4.86 Å². The Hall–Kier alpha value is -0.910. The third-order valence-corrected chi connectivity index (χ3v) is 8.23. The van der Waals surface area contributed by atoms with Crippen molar-refractivity contribution in [3.63, 3.8) is 0 Å². The maximum atomic E-state index is 11.9. The van der Waals surface area contributed by atoms with Crippen molar-refractivity contribution in [1.82, 2.24) is 18.6 Å². The van der Waals surface area contributed by atoms with E-state index in [0.717, 1.165) is 25.0 Å². The van der Waals surface area contributed by atoms with E-state index in [1.807, 2.05) is 0 Å². The molecule has 2 aromatic rings. The van der Waals surface area contributed by atoms with Crippen LogP contribution in [0.3, 0.4) is 0 Å². The average molecular weight is 309 g/mol. The molecule has 8 nitrogen and oxygen atoms in total. The van der Waals surface area contributed by atoms with Gasteiger partial charge in [-0.05, 0) is 0 Å². The van der Waals surface area contributed by atoms with E-state index in [1.54, 1.807) is 0 Å². The van der Waals surface area contributed by atoms with Crippen molar-refractivity contribution < 1.29 is 18.9 Å². The Balaban J connectivity index is 2.41. The highest BCUT2D eigenvalue weighted by atomic mass is 35.5. The molecule has 0 bridgehead atoms. The van der Waals surface area contributed by atoms with E-state index in [0.29, 0.717) is 8.68 Å². The molecular weight excluding hydrogens is 302 g/mol. The first-order chi connectivity index (χ1) is 8.37. The molecule has 2 aromatic heterocycles. The highest BCUT2D eigenvalue weighted by Crippen LogP contribution is 2.62. The zero-order valence-corrected chi connectivity index (χ0v) is 11.3. The molecule has 0 spiro atoms. The molecule has 2 atom stereocenters. The van der Waals surface area contributed by atoms with E-state index in [2.05, 4.69) is 9.97 Å². The molecule has 0 saturated heterocycles. The molecule has 0 N–H and O–H groups in total. The normalized spacial score (nSPS) is 19.9. The topological polar surface area (TPSA) is 116 Å². The molecule has 0 aliphatic heterocycles. The maximum Gasteiger partial charge on any atom is 0.150 e. The molecule has 0 fully saturated rings. The van der Waals surface area contributed by atoms with Crippen LogP contribution < -0.4 is 9.79 Å². The molecule has 0 amide bonds. The Labute approximate surface area is 107 Å². The number of rotatable bonds is 4. The molecule has 2 unspecified atom stereocenters. The second-order valence-corrected chi connectivity index (χ2v) is 8.99. The van der Waals surface area contributed by atoms with Crippen molar-refractivity contribution in [3.8, 4) is 0 Å². The van der Waals surface area contributed by atoms with Crippen LogP contribution in [0.5, 0.6) is 0 Å². The fraction of sp³-hybridized carbons (Fsp3) is 0.143. The fourth-order valence-corrected chi connectivity index (χ4v) is 5.37. The van der Waals surface area contributed by atoms with E-state index in [4.69, 9.17) is 11.6 Å². The van der Waals surface area contributed by atoms with Crippen LogP contribution in [0.4, 0.5) is 0 Å². The first-order valence-electron chi connectivity index (χ1n) is 4.60. The van der Waals surface area contributed by atoms with Gasteiger partial charge in [-0.2, -0.15) is 0 Å². The molecule has 0 radical (unpaired) electrons. The van der Waals surface area contributed by atoms with Gasteiger partial charge < -0.3 is 18.9 Å². The zero-order chi connectivity index (χ0) is 13.4. The molecule has 0 aliphatic carbocycles. The van der Waals surface area contributed by atoms with Gasteiger partial charge in [0.25, 0.3) is 0 Å². The van der Waals surface area contributed by atoms with Crippen molar-refractivity contribution >= 4 is 26.6 Å². The Morgan fingerprint density at radius 1 is 1.00 bits per heavy atom. The lowest BCUT2D eigenvalue weighted by Gasteiger charge is -2.37. The summed E-state index contributed by atoms with van der Waals surface area (Å²) in [4.78, 5) is 28.9. The highest BCUT2D eigenvalue weighted by Gasteiger charge is 2.32. The van der Waals surface area contributed by atoms with E-state index in [-0.39, 0.29) is 0 Å². The van der Waals surface area contributed by atoms with Gasteiger partial charge in [-0.25, -0.2) is 9.97 Å². The van der Waals surface area contributed by atoms with E-state index >= 15 is 0 Å². The lowest BCUT2D eigenvalue weighted by atomic mass is 11.0. The first-order valence-corrected chi connectivity index (χ1v) is 8.33. The Morgan fingerprint density at radius 2 is 1.39 bits per heavy atom. The summed E-state index contributed by atoms with van der Waals surface area (Å²) in [6, 6.07) is 0. The summed E-state index contributed by atoms with van der Waals surface area (Å²) >= 11 is 5.60. The first kappa shape index (κ1) is 13.5. The van der Waals surface area contributed by atoms with Crippen molar-refractivity contribution in [2.45, 2.75) is 4.86 Å². The molecule has 0 aromatic carbocycles. The number of hydrogen-bond donors (Lipinski definition) is 0. The third kappa shape index (κ3) is 2.18. The van der Waals surface area contributed by atoms with Crippen molar-refractivity contribution in [2.75, 3.05) is 0 Å². The van der Waals surface area contributed by atoms with E-state index < -0.39 is 19.9 Å². The second-order valence-electron chi connectivity index (χ2n) is 3.32. The monoisotopic (exact) mass is 308 g/mol. The Bertz CT molecular complexity index is 559. The molecule has 18 heavy (non-hydrogen) atoms. The van der Waals surface area contributed by atoms with Crippen LogP contribution in [0.25, 0.3) is 0 Å². The minimum Gasteiger partial charge on any atom is -0.782 e. The standard InChI is InChI=1S/C7H9ClN4O4P2/c8-7(17(13,14)11-3-1-9-5-11)18(15,16)12-4-2-10-6-12/h1-7H,(H,13,14)(H,15,16)/p-2. The lowest BCUT2D eigenvalue weighted by Crippen LogP contribution is -2.25. The van der Waals surface area contributed by atoms with Gasteiger partial charge in [-0.15, -0.1) is 11.6 Å². The predicted molar refractivity (Wildman–Crippen MR) is 60.1 cm³/mol. The molecular formula is C7H7ClN4O4P2-2. The van der Waals surface area contributed by atoms with Gasteiger partial charge in [0.05, 0.1) is 12.7 Å². The van der Waals surface area contributed by atoms with Crippen LogP contribution >= 0.6 is 26.6 Å². The minimum atomic E-state index is -4.61.